The number of carbonyl (C=O) groups excluding carboxylic acids is 2. The van der Waals surface area contributed by atoms with E-state index in [4.69, 9.17) is 4.74 Å². The second kappa shape index (κ2) is 7.82. The van der Waals surface area contributed by atoms with Gasteiger partial charge in [-0.05, 0) is 12.8 Å². The molecule has 0 spiro atoms. The maximum atomic E-state index is 12.0. The molecular weight excluding hydrogens is 332 g/mol. The van der Waals surface area contributed by atoms with Crippen LogP contribution < -0.4 is 10.9 Å². The van der Waals surface area contributed by atoms with Gasteiger partial charge in [0.1, 0.15) is 6.54 Å². The molecule has 1 amide bonds. The highest BCUT2D eigenvalue weighted by Crippen LogP contribution is 2.16. The number of nitrogens with one attached hydrogen (secondary N) is 1. The Morgan fingerprint density at radius 1 is 1.42 bits per heavy atom. The summed E-state index contributed by atoms with van der Waals surface area (Å²) in [5.74, 6) is -0.835. The fraction of sp³-hybridized carbons (Fsp3) is 0.400. The van der Waals surface area contributed by atoms with Crippen molar-refractivity contribution in [2.24, 2.45) is 0 Å². The number of nitrogens with zero attached hydrogens (tertiary/aromatic N) is 3. The van der Waals surface area contributed by atoms with Crippen molar-refractivity contribution in [3.63, 3.8) is 0 Å². The Labute approximate surface area is 142 Å². The predicted molar refractivity (Wildman–Crippen MR) is 89.3 cm³/mol. The van der Waals surface area contributed by atoms with Crippen molar-refractivity contribution in [1.29, 1.82) is 0 Å². The summed E-state index contributed by atoms with van der Waals surface area (Å²) in [6.45, 7) is 5.63. The van der Waals surface area contributed by atoms with E-state index < -0.39 is 11.9 Å². The lowest BCUT2D eigenvalue weighted by Gasteiger charge is -2.07. The Morgan fingerprint density at radius 3 is 2.79 bits per heavy atom. The molecule has 0 bridgehead atoms. The smallest absolute Gasteiger partial charge is 0.357 e. The molecule has 2 aromatic rings. The molecular formula is C15H18N4O4S. The first-order chi connectivity index (χ1) is 11.4. The third-order valence-corrected chi connectivity index (χ3v) is 3.80. The highest BCUT2D eigenvalue weighted by Gasteiger charge is 2.14. The molecule has 0 aliphatic rings. The minimum Gasteiger partial charge on any atom is -0.461 e. The molecule has 24 heavy (non-hydrogen) atoms. The normalized spacial score (nSPS) is 10.7. The zero-order chi connectivity index (χ0) is 17.7. The monoisotopic (exact) mass is 350 g/mol. The van der Waals surface area contributed by atoms with Gasteiger partial charge in [0.2, 0.25) is 5.91 Å². The zero-order valence-corrected chi connectivity index (χ0v) is 14.4. The molecule has 0 unspecified atom stereocenters. The second-order valence-corrected chi connectivity index (χ2v) is 6.10. The van der Waals surface area contributed by atoms with Crippen LogP contribution in [0.5, 0.6) is 0 Å². The highest BCUT2D eigenvalue weighted by molar-refractivity contribution is 7.14. The zero-order valence-electron chi connectivity index (χ0n) is 13.6. The van der Waals surface area contributed by atoms with Gasteiger partial charge in [-0.15, -0.1) is 11.3 Å². The highest BCUT2D eigenvalue weighted by atomic mass is 32.1. The summed E-state index contributed by atoms with van der Waals surface area (Å²) in [6.07, 6.45) is 1.35. The molecule has 0 saturated carbocycles. The molecule has 2 aromatic heterocycles. The first kappa shape index (κ1) is 17.8. The van der Waals surface area contributed by atoms with E-state index >= 15 is 0 Å². The van der Waals surface area contributed by atoms with Crippen molar-refractivity contribution in [3.8, 4) is 0 Å². The lowest BCUT2D eigenvalue weighted by molar-refractivity contribution is -0.116. The molecule has 2 heterocycles. The number of thiazole rings is 1. The number of hydrogen-bond acceptors (Lipinski definition) is 7. The van der Waals surface area contributed by atoms with Gasteiger partial charge in [-0.2, -0.15) is 0 Å². The molecule has 0 fully saturated rings. The van der Waals surface area contributed by atoms with Crippen LogP contribution >= 0.6 is 11.3 Å². The van der Waals surface area contributed by atoms with Crippen molar-refractivity contribution in [3.05, 3.63) is 39.5 Å². The topological polar surface area (TPSA) is 103 Å². The summed E-state index contributed by atoms with van der Waals surface area (Å²) >= 11 is 1.11. The van der Waals surface area contributed by atoms with Gasteiger partial charge in [-0.1, -0.05) is 13.8 Å². The van der Waals surface area contributed by atoms with Crippen molar-refractivity contribution in [2.45, 2.75) is 33.2 Å². The molecule has 0 aromatic carbocycles. The number of ether oxygens (including phenoxy) is 1. The molecule has 9 heteroatoms. The van der Waals surface area contributed by atoms with Gasteiger partial charge in [-0.3, -0.25) is 14.2 Å². The maximum absolute atomic E-state index is 12.0. The third kappa shape index (κ3) is 4.48. The SMILES string of the molecule is CCOC(=O)c1csc(NC(=O)Cn2cnc(C(C)C)cc2=O)n1. The fourth-order valence-electron chi connectivity index (χ4n) is 1.82. The summed E-state index contributed by atoms with van der Waals surface area (Å²) in [5, 5.41) is 4.31. The molecule has 0 aliphatic heterocycles. The van der Waals surface area contributed by atoms with Crippen LogP contribution in [0.15, 0.2) is 22.6 Å². The van der Waals surface area contributed by atoms with Crippen LogP contribution in [0.4, 0.5) is 5.13 Å². The molecule has 0 radical (unpaired) electrons. The van der Waals surface area contributed by atoms with E-state index in [1.54, 1.807) is 6.92 Å². The van der Waals surface area contributed by atoms with E-state index in [1.165, 1.54) is 22.3 Å². The van der Waals surface area contributed by atoms with Crippen LogP contribution in [0.3, 0.4) is 0 Å². The van der Waals surface area contributed by atoms with Gasteiger partial charge in [0.05, 0.1) is 18.6 Å². The molecule has 0 saturated heterocycles. The molecule has 0 atom stereocenters. The second-order valence-electron chi connectivity index (χ2n) is 5.24. The minimum absolute atomic E-state index is 0.136. The van der Waals surface area contributed by atoms with Gasteiger partial charge < -0.3 is 10.1 Å². The Morgan fingerprint density at radius 2 is 2.17 bits per heavy atom. The van der Waals surface area contributed by atoms with Gasteiger partial charge in [0.25, 0.3) is 5.56 Å². The number of hydrogen-bond donors (Lipinski definition) is 1. The lowest BCUT2D eigenvalue weighted by Crippen LogP contribution is -2.28. The minimum atomic E-state index is -0.543. The standard InChI is InChI=1S/C15H18N4O4S/c1-4-23-14(22)11-7-24-15(17-11)18-12(20)6-19-8-16-10(9(2)3)5-13(19)21/h5,7-9H,4,6H2,1-3H3,(H,17,18,20). The average molecular weight is 350 g/mol. The van der Waals surface area contributed by atoms with Crippen LogP contribution in [0.25, 0.3) is 0 Å². The molecule has 8 nitrogen and oxygen atoms in total. The van der Waals surface area contributed by atoms with Crippen LogP contribution in [-0.4, -0.2) is 33.0 Å². The molecule has 1 N–H and O–H groups in total. The first-order valence-electron chi connectivity index (χ1n) is 7.39. The summed E-state index contributed by atoms with van der Waals surface area (Å²) < 4.78 is 6.04. The molecule has 128 valence electrons. The quantitative estimate of drug-likeness (QED) is 0.795. The van der Waals surface area contributed by atoms with Gasteiger partial charge in [0.15, 0.2) is 10.8 Å². The van der Waals surface area contributed by atoms with Crippen LogP contribution in [0.2, 0.25) is 0 Å². The van der Waals surface area contributed by atoms with E-state index in [0.717, 1.165) is 11.3 Å². The van der Waals surface area contributed by atoms with Gasteiger partial charge in [0, 0.05) is 11.4 Å². The van der Waals surface area contributed by atoms with E-state index in [1.807, 2.05) is 13.8 Å². The van der Waals surface area contributed by atoms with Crippen molar-refractivity contribution in [1.82, 2.24) is 14.5 Å². The number of carbonyl (C=O) groups is 2. The number of esters is 1. The number of anilines is 1. The Hall–Kier alpha value is -2.55. The van der Waals surface area contributed by atoms with E-state index in [0.29, 0.717) is 5.69 Å². The number of aromatic nitrogens is 3. The van der Waals surface area contributed by atoms with Crippen LogP contribution in [0.1, 0.15) is 42.9 Å². The fourth-order valence-corrected chi connectivity index (χ4v) is 2.51. The lowest BCUT2D eigenvalue weighted by atomic mass is 10.1. The number of rotatable bonds is 6. The van der Waals surface area contributed by atoms with E-state index in [2.05, 4.69) is 15.3 Å². The average Bonchev–Trinajstić information content (AvgIpc) is 2.97. The summed E-state index contributed by atoms with van der Waals surface area (Å²) in [7, 11) is 0. The maximum Gasteiger partial charge on any atom is 0.357 e. The largest absolute Gasteiger partial charge is 0.461 e. The Kier molecular flexibility index (Phi) is 5.80. The van der Waals surface area contributed by atoms with Crippen molar-refractivity contribution < 1.29 is 14.3 Å². The van der Waals surface area contributed by atoms with E-state index in [-0.39, 0.29) is 35.5 Å². The Balaban J connectivity index is 2.01. The van der Waals surface area contributed by atoms with Crippen LogP contribution in [-0.2, 0) is 16.1 Å². The molecule has 0 aliphatic carbocycles. The Bertz CT molecular complexity index is 797. The van der Waals surface area contributed by atoms with E-state index in [9.17, 15) is 14.4 Å². The first-order valence-corrected chi connectivity index (χ1v) is 8.27. The van der Waals surface area contributed by atoms with Crippen LogP contribution in [0, 0.1) is 0 Å². The number of amides is 1. The third-order valence-electron chi connectivity index (χ3n) is 3.04. The summed E-state index contributed by atoms with van der Waals surface area (Å²) in [4.78, 5) is 43.6. The van der Waals surface area contributed by atoms with Gasteiger partial charge >= 0.3 is 5.97 Å². The predicted octanol–water partition coefficient (Wildman–Crippen LogP) is 1.64. The summed E-state index contributed by atoms with van der Waals surface area (Å²) in [6, 6.07) is 1.42. The summed E-state index contributed by atoms with van der Waals surface area (Å²) in [5.41, 5.74) is 0.517. The molecule has 2 rings (SSSR count). The van der Waals surface area contributed by atoms with Gasteiger partial charge in [-0.25, -0.2) is 14.8 Å². The van der Waals surface area contributed by atoms with Crippen molar-refractivity contribution >= 4 is 28.3 Å². The van der Waals surface area contributed by atoms with Crippen molar-refractivity contribution in [2.75, 3.05) is 11.9 Å².